The molecular formula is C23H31IN4O4. The van der Waals surface area contributed by atoms with Gasteiger partial charge in [0.1, 0.15) is 0 Å². The van der Waals surface area contributed by atoms with Gasteiger partial charge in [0.2, 0.25) is 0 Å². The normalized spacial score (nSPS) is 13.9. The molecule has 0 spiro atoms. The smallest absolute Gasteiger partial charge is 0.289 e. The lowest BCUT2D eigenvalue weighted by molar-refractivity contribution is 0.0657. The van der Waals surface area contributed by atoms with E-state index in [0.717, 1.165) is 22.8 Å². The van der Waals surface area contributed by atoms with Crippen molar-refractivity contribution in [2.75, 3.05) is 47.4 Å². The predicted octanol–water partition coefficient (Wildman–Crippen LogP) is 3.18. The minimum absolute atomic E-state index is 0. The van der Waals surface area contributed by atoms with Crippen molar-refractivity contribution in [1.82, 2.24) is 15.1 Å². The second kappa shape index (κ2) is 12.4. The average molecular weight is 554 g/mol. The Labute approximate surface area is 206 Å². The fourth-order valence-corrected chi connectivity index (χ4v) is 3.71. The summed E-state index contributed by atoms with van der Waals surface area (Å²) in [5.74, 6) is 2.52. The topological polar surface area (TPSA) is 79.5 Å². The number of carbonyl (C=O) groups excluding carboxylic acids is 1. The molecule has 0 radical (unpaired) electrons. The molecule has 3 rings (SSSR count). The van der Waals surface area contributed by atoms with Gasteiger partial charge in [0.25, 0.3) is 5.91 Å². The number of nitrogens with one attached hydrogen (secondary N) is 1. The summed E-state index contributed by atoms with van der Waals surface area (Å²) in [6.07, 6.45) is 4.05. The zero-order chi connectivity index (χ0) is 22.2. The average Bonchev–Trinajstić information content (AvgIpc) is 3.34. The quantitative estimate of drug-likeness (QED) is 0.245. The first-order valence-electron chi connectivity index (χ1n) is 10.2. The van der Waals surface area contributed by atoms with E-state index in [1.54, 1.807) is 38.3 Å². The Hall–Kier alpha value is -2.69. The van der Waals surface area contributed by atoms with E-state index in [-0.39, 0.29) is 29.9 Å². The van der Waals surface area contributed by atoms with Crippen molar-refractivity contribution in [2.24, 2.45) is 4.99 Å². The van der Waals surface area contributed by atoms with Crippen LogP contribution in [-0.4, -0.2) is 69.1 Å². The summed E-state index contributed by atoms with van der Waals surface area (Å²) in [6.45, 7) is 7.03. The number of amides is 1. The Kier molecular flexibility index (Phi) is 9.89. The highest BCUT2D eigenvalue weighted by Gasteiger charge is 2.25. The largest absolute Gasteiger partial charge is 0.493 e. The Bertz CT molecular complexity index is 922. The van der Waals surface area contributed by atoms with Gasteiger partial charge >= 0.3 is 0 Å². The molecule has 0 saturated carbocycles. The van der Waals surface area contributed by atoms with E-state index in [4.69, 9.17) is 13.9 Å². The van der Waals surface area contributed by atoms with Crippen molar-refractivity contribution in [3.8, 4) is 11.5 Å². The lowest BCUT2D eigenvalue weighted by Gasteiger charge is -2.36. The van der Waals surface area contributed by atoms with Crippen molar-refractivity contribution < 1.29 is 18.7 Å². The maximum absolute atomic E-state index is 12.5. The summed E-state index contributed by atoms with van der Waals surface area (Å²) in [5, 5.41) is 3.42. The van der Waals surface area contributed by atoms with Gasteiger partial charge in [-0.3, -0.25) is 9.79 Å². The molecular weight excluding hydrogens is 523 g/mol. The number of benzene rings is 1. The van der Waals surface area contributed by atoms with Crippen LogP contribution in [0.5, 0.6) is 11.5 Å². The van der Waals surface area contributed by atoms with Crippen LogP contribution < -0.4 is 14.8 Å². The Morgan fingerprint density at radius 1 is 1.22 bits per heavy atom. The van der Waals surface area contributed by atoms with E-state index in [1.807, 2.05) is 12.1 Å². The lowest BCUT2D eigenvalue weighted by Crippen LogP contribution is -2.53. The van der Waals surface area contributed by atoms with Gasteiger partial charge in [-0.25, -0.2) is 0 Å². The second-order valence-electron chi connectivity index (χ2n) is 7.14. The van der Waals surface area contributed by atoms with Gasteiger partial charge in [-0.1, -0.05) is 6.08 Å². The highest BCUT2D eigenvalue weighted by Crippen LogP contribution is 2.33. The molecule has 1 saturated heterocycles. The maximum Gasteiger partial charge on any atom is 0.289 e. The summed E-state index contributed by atoms with van der Waals surface area (Å²) in [6, 6.07) is 7.47. The van der Waals surface area contributed by atoms with Crippen molar-refractivity contribution in [2.45, 2.75) is 13.0 Å². The maximum atomic E-state index is 12.5. The number of methoxy groups -OCH3 is 2. The lowest BCUT2D eigenvalue weighted by atomic mass is 10.1. The van der Waals surface area contributed by atoms with Gasteiger partial charge in [0, 0.05) is 45.3 Å². The van der Waals surface area contributed by atoms with Gasteiger partial charge in [-0.15, -0.1) is 30.6 Å². The molecule has 1 amide bonds. The van der Waals surface area contributed by atoms with Crippen LogP contribution in [0.2, 0.25) is 0 Å². The highest BCUT2D eigenvalue weighted by molar-refractivity contribution is 14.0. The van der Waals surface area contributed by atoms with Gasteiger partial charge in [-0.05, 0) is 36.2 Å². The monoisotopic (exact) mass is 554 g/mol. The van der Waals surface area contributed by atoms with E-state index in [2.05, 4.69) is 27.9 Å². The molecule has 32 heavy (non-hydrogen) atoms. The third-order valence-electron chi connectivity index (χ3n) is 5.24. The number of guanidine groups is 1. The number of hydrogen-bond acceptors (Lipinski definition) is 5. The van der Waals surface area contributed by atoms with Gasteiger partial charge in [0.15, 0.2) is 23.2 Å². The molecule has 0 bridgehead atoms. The fraction of sp³-hybridized carbons (Fsp3) is 0.391. The number of carbonyl (C=O) groups is 1. The zero-order valence-electron chi connectivity index (χ0n) is 18.8. The first-order valence-corrected chi connectivity index (χ1v) is 10.2. The zero-order valence-corrected chi connectivity index (χ0v) is 21.1. The molecule has 1 aliphatic heterocycles. The number of aliphatic imine (C=N–C) groups is 1. The number of ether oxygens (including phenoxy) is 2. The molecule has 174 valence electrons. The molecule has 0 unspecified atom stereocenters. The SMILES string of the molecule is C=CCc1cc(CNC(=NC)N2CCN(C(=O)c3ccco3)CC2)cc(OC)c1OC.I. The first kappa shape index (κ1) is 25.6. The van der Waals surface area contributed by atoms with E-state index in [1.165, 1.54) is 6.26 Å². The molecule has 9 heteroatoms. The summed E-state index contributed by atoms with van der Waals surface area (Å²) < 4.78 is 16.2. The van der Waals surface area contributed by atoms with Crippen LogP contribution in [-0.2, 0) is 13.0 Å². The molecule has 1 aromatic carbocycles. The van der Waals surface area contributed by atoms with Crippen LogP contribution in [0.4, 0.5) is 0 Å². The number of furan rings is 1. The molecule has 1 aliphatic rings. The van der Waals surface area contributed by atoms with Crippen LogP contribution in [0.1, 0.15) is 21.7 Å². The van der Waals surface area contributed by atoms with Crippen LogP contribution in [0.3, 0.4) is 0 Å². The first-order chi connectivity index (χ1) is 15.1. The third kappa shape index (κ3) is 5.96. The van der Waals surface area contributed by atoms with Crippen molar-refractivity contribution in [3.05, 3.63) is 60.1 Å². The standard InChI is InChI=1S/C23H30N4O4.HI/c1-5-7-18-14-17(15-20(29-3)21(18)30-4)16-25-23(24-2)27-11-9-26(10-12-27)22(28)19-8-6-13-31-19;/h5-6,8,13-15H,1,7,9-12,16H2,2-4H3,(H,24,25);1H. The van der Waals surface area contributed by atoms with E-state index in [9.17, 15) is 4.79 Å². The minimum atomic E-state index is -0.0762. The van der Waals surface area contributed by atoms with Crippen molar-refractivity contribution in [3.63, 3.8) is 0 Å². The summed E-state index contributed by atoms with van der Waals surface area (Å²) >= 11 is 0. The van der Waals surface area contributed by atoms with Crippen LogP contribution in [0.15, 0.2) is 52.6 Å². The van der Waals surface area contributed by atoms with Crippen LogP contribution in [0.25, 0.3) is 0 Å². The molecule has 2 aromatic rings. The van der Waals surface area contributed by atoms with Gasteiger partial charge < -0.3 is 29.0 Å². The summed E-state index contributed by atoms with van der Waals surface area (Å²) in [7, 11) is 5.04. The number of nitrogens with zero attached hydrogens (tertiary/aromatic N) is 3. The Morgan fingerprint density at radius 2 is 1.94 bits per heavy atom. The molecule has 1 fully saturated rings. The molecule has 0 atom stereocenters. The highest BCUT2D eigenvalue weighted by atomic mass is 127. The third-order valence-corrected chi connectivity index (χ3v) is 5.24. The van der Waals surface area contributed by atoms with E-state index in [0.29, 0.717) is 50.7 Å². The van der Waals surface area contributed by atoms with Crippen molar-refractivity contribution >= 4 is 35.8 Å². The Morgan fingerprint density at radius 3 is 2.50 bits per heavy atom. The predicted molar refractivity (Wildman–Crippen MR) is 135 cm³/mol. The fourth-order valence-electron chi connectivity index (χ4n) is 3.71. The Balaban J connectivity index is 0.00000363. The number of allylic oxidation sites excluding steroid dienone is 1. The molecule has 8 nitrogen and oxygen atoms in total. The minimum Gasteiger partial charge on any atom is -0.493 e. The van der Waals surface area contributed by atoms with Crippen molar-refractivity contribution in [1.29, 1.82) is 0 Å². The van der Waals surface area contributed by atoms with E-state index >= 15 is 0 Å². The molecule has 2 heterocycles. The second-order valence-corrected chi connectivity index (χ2v) is 7.14. The number of piperazine rings is 1. The van der Waals surface area contributed by atoms with Gasteiger partial charge in [0.05, 0.1) is 20.5 Å². The molecule has 1 aromatic heterocycles. The van der Waals surface area contributed by atoms with Gasteiger partial charge in [-0.2, -0.15) is 0 Å². The molecule has 0 aliphatic carbocycles. The number of hydrogen-bond donors (Lipinski definition) is 1. The van der Waals surface area contributed by atoms with Crippen LogP contribution >= 0.6 is 24.0 Å². The number of rotatable bonds is 7. The van der Waals surface area contributed by atoms with Crippen LogP contribution in [0, 0.1) is 0 Å². The molecule has 1 N–H and O–H groups in total. The number of halogens is 1. The summed E-state index contributed by atoms with van der Waals surface area (Å²) in [5.41, 5.74) is 2.08. The summed E-state index contributed by atoms with van der Waals surface area (Å²) in [4.78, 5) is 20.8. The van der Waals surface area contributed by atoms with E-state index < -0.39 is 0 Å².